The molecule has 0 spiro atoms. The highest BCUT2D eigenvalue weighted by Crippen LogP contribution is 1.32. The minimum absolute atomic E-state index is 0. The summed E-state index contributed by atoms with van der Waals surface area (Å²) in [6.07, 6.45) is 0. The summed E-state index contributed by atoms with van der Waals surface area (Å²) in [7, 11) is 0. The molecule has 11 nitrogen and oxygen atoms in total. The summed E-state index contributed by atoms with van der Waals surface area (Å²) in [5.41, 5.74) is 0. The Morgan fingerprint density at radius 3 is 0.429 bits per heavy atom. The monoisotopic (exact) mass is 313 g/mol. The molecule has 0 aliphatic heterocycles. The van der Waals surface area contributed by atoms with E-state index in [2.05, 4.69) is 0 Å². The third-order valence-corrected chi connectivity index (χ3v) is 0. The van der Waals surface area contributed by atoms with E-state index in [1.54, 1.807) is 0 Å². The summed E-state index contributed by atoms with van der Waals surface area (Å²) in [5, 5.41) is 44.4. The second kappa shape index (κ2) is 30.4. The SMILES string of the molecule is CC(=O)[O-].CC(=O)[O-].CC(=O)[O-].CC(=O)[O-].CC(=O)[O-].O. The van der Waals surface area contributed by atoms with Gasteiger partial charge in [0.05, 0.1) is 0 Å². The number of carboxylic acid groups (broad SMARTS) is 5. The van der Waals surface area contributed by atoms with Gasteiger partial charge in [-0.05, 0) is 34.6 Å². The van der Waals surface area contributed by atoms with Crippen LogP contribution in [0.15, 0.2) is 0 Å². The first kappa shape index (κ1) is 36.2. The van der Waals surface area contributed by atoms with Crippen LogP contribution in [0.5, 0.6) is 0 Å². The smallest absolute Gasteiger partial charge is 0.0383 e. The van der Waals surface area contributed by atoms with E-state index in [9.17, 15) is 0 Å². The number of carbonyl (C=O) groups excluding carboxylic acids is 5. The molecular weight excluding hydrogens is 296 g/mol. The highest BCUT2D eigenvalue weighted by molar-refractivity contribution is 5.61. The summed E-state index contributed by atoms with van der Waals surface area (Å²) in [4.78, 5) is 44.4. The number of carboxylic acids is 5. The van der Waals surface area contributed by atoms with Gasteiger partial charge in [0, 0.05) is 29.8 Å². The Hall–Kier alpha value is -2.69. The fourth-order valence-electron chi connectivity index (χ4n) is 0. The van der Waals surface area contributed by atoms with E-state index < -0.39 is 29.8 Å². The van der Waals surface area contributed by atoms with E-state index >= 15 is 0 Å². The number of carbonyl (C=O) groups is 5. The van der Waals surface area contributed by atoms with Gasteiger partial charge in [0.1, 0.15) is 0 Å². The Kier molecular flexibility index (Phi) is 52.4. The fraction of sp³-hybridized carbons (Fsp3) is 0.500. The summed E-state index contributed by atoms with van der Waals surface area (Å²) in [6, 6.07) is 0. The Morgan fingerprint density at radius 1 is 0.429 bits per heavy atom. The van der Waals surface area contributed by atoms with Crippen molar-refractivity contribution in [3.8, 4) is 0 Å². The van der Waals surface area contributed by atoms with Gasteiger partial charge in [0.15, 0.2) is 0 Å². The van der Waals surface area contributed by atoms with E-state index in [1.165, 1.54) is 0 Å². The van der Waals surface area contributed by atoms with Crippen molar-refractivity contribution in [2.75, 3.05) is 0 Å². The largest absolute Gasteiger partial charge is 0.550 e. The number of rotatable bonds is 0. The molecule has 0 heterocycles. The van der Waals surface area contributed by atoms with Crippen molar-refractivity contribution < 1.29 is 55.0 Å². The average Bonchev–Trinajstić information content (AvgIpc) is 1.94. The van der Waals surface area contributed by atoms with Crippen LogP contribution in [0.2, 0.25) is 0 Å². The number of hydrogen-bond donors (Lipinski definition) is 0. The molecule has 0 radical (unpaired) electrons. The van der Waals surface area contributed by atoms with Gasteiger partial charge in [0.2, 0.25) is 0 Å². The molecule has 128 valence electrons. The van der Waals surface area contributed by atoms with Crippen LogP contribution in [0.4, 0.5) is 0 Å². The molecule has 0 unspecified atom stereocenters. The van der Waals surface area contributed by atoms with Gasteiger partial charge >= 0.3 is 0 Å². The molecule has 0 saturated carbocycles. The molecule has 0 aliphatic rings. The molecule has 2 N–H and O–H groups in total. The minimum Gasteiger partial charge on any atom is -0.550 e. The van der Waals surface area contributed by atoms with Crippen LogP contribution in [0.25, 0.3) is 0 Å². The van der Waals surface area contributed by atoms with Crippen LogP contribution in [0.1, 0.15) is 34.6 Å². The summed E-state index contributed by atoms with van der Waals surface area (Å²) in [6.45, 7) is 4.86. The lowest BCUT2D eigenvalue weighted by Crippen LogP contribution is -2.16. The molecule has 0 rings (SSSR count). The van der Waals surface area contributed by atoms with Gasteiger partial charge < -0.3 is 55.0 Å². The Balaban J connectivity index is -0.0000000331. The molecule has 0 bridgehead atoms. The third-order valence-electron chi connectivity index (χ3n) is 0. The van der Waals surface area contributed by atoms with Crippen molar-refractivity contribution in [2.24, 2.45) is 0 Å². The molecule has 0 aliphatic carbocycles. The maximum absolute atomic E-state index is 8.89. The molecular formula is C10H17O11-5. The molecule has 0 amide bonds. The van der Waals surface area contributed by atoms with Gasteiger partial charge in [-0.1, -0.05) is 0 Å². The molecule has 0 atom stereocenters. The lowest BCUT2D eigenvalue weighted by atomic mass is 10.9. The van der Waals surface area contributed by atoms with Crippen LogP contribution < -0.4 is 25.5 Å². The first-order valence-electron chi connectivity index (χ1n) is 4.54. The second-order valence-electron chi connectivity index (χ2n) is 2.46. The highest BCUT2D eigenvalue weighted by atomic mass is 16.4. The zero-order valence-electron chi connectivity index (χ0n) is 12.1. The number of hydrogen-bond acceptors (Lipinski definition) is 10. The zero-order chi connectivity index (χ0) is 17.9. The summed E-state index contributed by atoms with van der Waals surface area (Å²) < 4.78 is 0. The topological polar surface area (TPSA) is 232 Å². The van der Waals surface area contributed by atoms with Crippen molar-refractivity contribution in [2.45, 2.75) is 34.6 Å². The maximum atomic E-state index is 8.89. The first-order chi connectivity index (χ1) is 8.66. The fourth-order valence-corrected chi connectivity index (χ4v) is 0. The first-order valence-corrected chi connectivity index (χ1v) is 4.54. The third kappa shape index (κ3) is 561. The van der Waals surface area contributed by atoms with Crippen molar-refractivity contribution in [3.05, 3.63) is 0 Å². The van der Waals surface area contributed by atoms with Crippen LogP contribution in [0, 0.1) is 0 Å². The lowest BCUT2D eigenvalue weighted by molar-refractivity contribution is -0.303. The molecule has 0 aromatic heterocycles. The van der Waals surface area contributed by atoms with Crippen LogP contribution in [0.3, 0.4) is 0 Å². The van der Waals surface area contributed by atoms with Gasteiger partial charge in [-0.15, -0.1) is 0 Å². The Morgan fingerprint density at radius 2 is 0.429 bits per heavy atom. The Bertz CT molecular complexity index is 206. The van der Waals surface area contributed by atoms with Gasteiger partial charge in [-0.3, -0.25) is 0 Å². The van der Waals surface area contributed by atoms with Crippen molar-refractivity contribution in [3.63, 3.8) is 0 Å². The summed E-state index contributed by atoms with van der Waals surface area (Å²) >= 11 is 0. The lowest BCUT2D eigenvalue weighted by Gasteiger charge is -1.77. The molecule has 0 aromatic rings. The van der Waals surface area contributed by atoms with E-state index in [4.69, 9.17) is 49.5 Å². The molecule has 0 fully saturated rings. The van der Waals surface area contributed by atoms with E-state index in [0.717, 1.165) is 34.6 Å². The maximum Gasteiger partial charge on any atom is 0.0383 e. The van der Waals surface area contributed by atoms with E-state index in [0.29, 0.717) is 0 Å². The van der Waals surface area contributed by atoms with Crippen LogP contribution in [-0.4, -0.2) is 35.3 Å². The van der Waals surface area contributed by atoms with E-state index in [-0.39, 0.29) is 5.48 Å². The van der Waals surface area contributed by atoms with Crippen molar-refractivity contribution >= 4 is 29.8 Å². The molecule has 0 aromatic carbocycles. The zero-order valence-corrected chi connectivity index (χ0v) is 12.1. The summed E-state index contributed by atoms with van der Waals surface area (Å²) in [5.74, 6) is -5.42. The van der Waals surface area contributed by atoms with Gasteiger partial charge in [0.25, 0.3) is 0 Å². The quantitative estimate of drug-likeness (QED) is 0.409. The average molecular weight is 313 g/mol. The predicted molar refractivity (Wildman–Crippen MR) is 57.0 cm³/mol. The Labute approximate surface area is 120 Å². The molecule has 0 saturated heterocycles. The van der Waals surface area contributed by atoms with Crippen LogP contribution >= 0.6 is 0 Å². The normalized spacial score (nSPS) is 5.95. The van der Waals surface area contributed by atoms with E-state index in [1.807, 2.05) is 0 Å². The highest BCUT2D eigenvalue weighted by Gasteiger charge is 1.47. The molecule has 21 heavy (non-hydrogen) atoms. The number of aliphatic carboxylic acids is 5. The molecule has 11 heteroatoms. The van der Waals surface area contributed by atoms with Gasteiger partial charge in [-0.2, -0.15) is 0 Å². The minimum atomic E-state index is -1.08. The van der Waals surface area contributed by atoms with Crippen molar-refractivity contribution in [1.82, 2.24) is 0 Å². The van der Waals surface area contributed by atoms with Gasteiger partial charge in [-0.25, -0.2) is 0 Å². The standard InChI is InChI=1S/5C2H4O2.H2O/c5*1-2(3)4;/h5*1H3,(H,3,4);1H2/p-5. The van der Waals surface area contributed by atoms with Crippen LogP contribution in [-0.2, 0) is 24.0 Å². The van der Waals surface area contributed by atoms with Crippen molar-refractivity contribution in [1.29, 1.82) is 0 Å². The predicted octanol–water partition coefficient (Wildman–Crippen LogP) is -7.04. The second-order valence-corrected chi connectivity index (χ2v) is 2.46.